The van der Waals surface area contributed by atoms with Crippen molar-refractivity contribution >= 4 is 29.0 Å². The summed E-state index contributed by atoms with van der Waals surface area (Å²) in [6.07, 6.45) is 6.35. The van der Waals surface area contributed by atoms with Crippen molar-refractivity contribution in [1.82, 2.24) is 15.0 Å². The van der Waals surface area contributed by atoms with E-state index in [0.717, 1.165) is 43.0 Å². The molecule has 0 saturated carbocycles. The van der Waals surface area contributed by atoms with Gasteiger partial charge >= 0.3 is 6.03 Å². The van der Waals surface area contributed by atoms with Gasteiger partial charge in [-0.25, -0.2) is 19.7 Å². The van der Waals surface area contributed by atoms with Gasteiger partial charge in [-0.2, -0.15) is 0 Å². The smallest absolute Gasteiger partial charge is 0.328 e. The average Bonchev–Trinajstić information content (AvgIpc) is 3.35. The third-order valence-corrected chi connectivity index (χ3v) is 6.47. The molecule has 2 aromatic heterocycles. The number of hydrogen-bond acceptors (Lipinski definition) is 6. The molecule has 1 fully saturated rings. The fourth-order valence-electron chi connectivity index (χ4n) is 4.58. The first-order valence-electron chi connectivity index (χ1n) is 11.5. The predicted molar refractivity (Wildman–Crippen MR) is 132 cm³/mol. The molecule has 1 saturated heterocycles. The van der Waals surface area contributed by atoms with E-state index in [-0.39, 0.29) is 12.1 Å². The highest BCUT2D eigenvalue weighted by Gasteiger charge is 2.30. The quantitative estimate of drug-likeness (QED) is 0.646. The normalized spacial score (nSPS) is 18.1. The fourth-order valence-corrected chi connectivity index (χ4v) is 4.58. The summed E-state index contributed by atoms with van der Waals surface area (Å²) in [5, 5.41) is 2.90. The third kappa shape index (κ3) is 4.33. The lowest BCUT2D eigenvalue weighted by Gasteiger charge is -2.28. The summed E-state index contributed by atoms with van der Waals surface area (Å²) in [5.41, 5.74) is 4.08. The second-order valence-corrected chi connectivity index (χ2v) is 8.74. The molecule has 0 bridgehead atoms. The van der Waals surface area contributed by atoms with Crippen LogP contribution in [0.4, 0.5) is 27.8 Å². The molecule has 0 unspecified atom stereocenters. The van der Waals surface area contributed by atoms with E-state index in [1.165, 1.54) is 24.9 Å². The van der Waals surface area contributed by atoms with Crippen LogP contribution in [-0.4, -0.2) is 53.7 Å². The van der Waals surface area contributed by atoms with E-state index in [1.807, 2.05) is 7.05 Å². The Morgan fingerprint density at radius 1 is 1.09 bits per heavy atom. The summed E-state index contributed by atoms with van der Waals surface area (Å²) in [4.78, 5) is 32.8. The number of hydrogen-bond donors (Lipinski definition) is 1. The van der Waals surface area contributed by atoms with E-state index in [2.05, 4.69) is 68.4 Å². The predicted octanol–water partition coefficient (Wildman–Crippen LogP) is 4.41. The van der Waals surface area contributed by atoms with Gasteiger partial charge in [0.15, 0.2) is 5.82 Å². The van der Waals surface area contributed by atoms with Crippen molar-refractivity contribution in [3.8, 4) is 11.3 Å². The van der Waals surface area contributed by atoms with Gasteiger partial charge in [0, 0.05) is 50.2 Å². The second kappa shape index (κ2) is 9.05. The van der Waals surface area contributed by atoms with Crippen LogP contribution in [0.15, 0.2) is 55.0 Å². The first-order chi connectivity index (χ1) is 16.1. The minimum Gasteiger partial charge on any atom is -0.372 e. The molecule has 0 aliphatic carbocycles. The Labute approximate surface area is 194 Å². The molecular weight excluding hydrogens is 414 g/mol. The number of amides is 2. The summed E-state index contributed by atoms with van der Waals surface area (Å²) in [6, 6.07) is 14.1. The second-order valence-electron chi connectivity index (χ2n) is 8.74. The van der Waals surface area contributed by atoms with Gasteiger partial charge in [-0.3, -0.25) is 10.2 Å². The molecule has 2 aliphatic rings. The molecule has 5 rings (SSSR count). The van der Waals surface area contributed by atoms with Crippen molar-refractivity contribution in [1.29, 1.82) is 0 Å². The Hall–Kier alpha value is -3.68. The van der Waals surface area contributed by atoms with Crippen molar-refractivity contribution in [2.45, 2.75) is 32.2 Å². The topological polar surface area (TPSA) is 77.5 Å². The molecule has 3 aromatic rings. The lowest BCUT2D eigenvalue weighted by Crippen LogP contribution is -2.42. The number of anilines is 4. The molecule has 8 heteroatoms. The van der Waals surface area contributed by atoms with Crippen LogP contribution >= 0.6 is 0 Å². The number of carbonyl (C=O) groups excluding carboxylic acids is 1. The number of pyridine rings is 1. The molecule has 33 heavy (non-hydrogen) atoms. The molecule has 2 aliphatic heterocycles. The maximum atomic E-state index is 13.4. The minimum absolute atomic E-state index is 0.0192. The molecule has 170 valence electrons. The molecule has 4 heterocycles. The summed E-state index contributed by atoms with van der Waals surface area (Å²) in [5.74, 6) is 1.13. The number of benzene rings is 1. The van der Waals surface area contributed by atoms with Gasteiger partial charge in [0.1, 0.15) is 12.1 Å². The van der Waals surface area contributed by atoms with Crippen molar-refractivity contribution in [3.63, 3.8) is 0 Å². The molecule has 8 nitrogen and oxygen atoms in total. The van der Waals surface area contributed by atoms with Gasteiger partial charge in [0.25, 0.3) is 0 Å². The summed E-state index contributed by atoms with van der Waals surface area (Å²) >= 11 is 0. The number of urea groups is 1. The highest BCUT2D eigenvalue weighted by atomic mass is 16.2. The Balaban J connectivity index is 1.52. The van der Waals surface area contributed by atoms with E-state index in [9.17, 15) is 4.79 Å². The van der Waals surface area contributed by atoms with Crippen molar-refractivity contribution in [2.75, 3.05) is 46.7 Å². The van der Waals surface area contributed by atoms with Crippen LogP contribution in [0.25, 0.3) is 11.3 Å². The molecule has 2 amide bonds. The number of rotatable bonds is 3. The first-order valence-corrected chi connectivity index (χ1v) is 11.5. The van der Waals surface area contributed by atoms with E-state index >= 15 is 0 Å². The standard InChI is InChI=1S/C25H29N7O/c1-18-11-15-30(2)22-9-8-21(19-6-5-7-20(16-19)31-13-3-4-14-31)28-24(22)32(18)25(33)29-23-10-12-26-17-27-23/h5-10,12,16-18H,3-4,11,13-15H2,1-2H3,(H,26,27,29,33)/t18-/m1/s1. The zero-order valence-electron chi connectivity index (χ0n) is 19.1. The zero-order valence-corrected chi connectivity index (χ0v) is 19.1. The molecular formula is C25H29N7O. The number of aromatic nitrogens is 3. The maximum absolute atomic E-state index is 13.4. The van der Waals surface area contributed by atoms with Gasteiger partial charge in [0.05, 0.1) is 11.4 Å². The molecule has 0 radical (unpaired) electrons. The summed E-state index contributed by atoms with van der Waals surface area (Å²) in [7, 11) is 2.05. The molecule has 1 aromatic carbocycles. The van der Waals surface area contributed by atoms with E-state index < -0.39 is 0 Å². The Kier molecular flexibility index (Phi) is 5.81. The van der Waals surface area contributed by atoms with Crippen LogP contribution in [0.5, 0.6) is 0 Å². The number of fused-ring (bicyclic) bond motifs is 1. The van der Waals surface area contributed by atoms with Gasteiger partial charge in [-0.15, -0.1) is 0 Å². The zero-order chi connectivity index (χ0) is 22.8. The number of nitrogens with zero attached hydrogens (tertiary/aromatic N) is 6. The van der Waals surface area contributed by atoms with Crippen LogP contribution in [0.3, 0.4) is 0 Å². The van der Waals surface area contributed by atoms with Crippen LogP contribution in [0.1, 0.15) is 26.2 Å². The van der Waals surface area contributed by atoms with Gasteiger partial charge < -0.3 is 9.80 Å². The Bertz CT molecular complexity index is 1130. The lowest BCUT2D eigenvalue weighted by atomic mass is 10.1. The van der Waals surface area contributed by atoms with Crippen LogP contribution < -0.4 is 20.0 Å². The minimum atomic E-state index is -0.242. The lowest BCUT2D eigenvalue weighted by molar-refractivity contribution is 0.255. The van der Waals surface area contributed by atoms with E-state index in [1.54, 1.807) is 17.2 Å². The van der Waals surface area contributed by atoms with E-state index in [0.29, 0.717) is 11.6 Å². The molecule has 1 atom stereocenters. The Morgan fingerprint density at radius 3 is 2.73 bits per heavy atom. The van der Waals surface area contributed by atoms with Gasteiger partial charge in [-0.1, -0.05) is 12.1 Å². The monoisotopic (exact) mass is 443 g/mol. The summed E-state index contributed by atoms with van der Waals surface area (Å²) in [6.45, 7) is 5.10. The van der Waals surface area contributed by atoms with E-state index in [4.69, 9.17) is 4.98 Å². The largest absolute Gasteiger partial charge is 0.372 e. The highest BCUT2D eigenvalue weighted by Crippen LogP contribution is 2.36. The Morgan fingerprint density at radius 2 is 1.94 bits per heavy atom. The molecule has 0 spiro atoms. The first kappa shape index (κ1) is 21.2. The van der Waals surface area contributed by atoms with Gasteiger partial charge in [-0.05, 0) is 56.5 Å². The van der Waals surface area contributed by atoms with Crippen molar-refractivity contribution in [2.24, 2.45) is 0 Å². The average molecular weight is 444 g/mol. The van der Waals surface area contributed by atoms with Gasteiger partial charge in [0.2, 0.25) is 0 Å². The number of nitrogens with one attached hydrogen (secondary N) is 1. The summed E-state index contributed by atoms with van der Waals surface area (Å²) < 4.78 is 0. The number of carbonyl (C=O) groups is 1. The maximum Gasteiger partial charge on any atom is 0.328 e. The van der Waals surface area contributed by atoms with Crippen molar-refractivity contribution < 1.29 is 4.79 Å². The fraction of sp³-hybridized carbons (Fsp3) is 0.360. The van der Waals surface area contributed by atoms with Crippen LogP contribution in [0.2, 0.25) is 0 Å². The van der Waals surface area contributed by atoms with Crippen LogP contribution in [-0.2, 0) is 0 Å². The van der Waals surface area contributed by atoms with Crippen LogP contribution in [0, 0.1) is 0 Å². The third-order valence-electron chi connectivity index (χ3n) is 6.47. The highest BCUT2D eigenvalue weighted by molar-refractivity contribution is 6.03. The van der Waals surface area contributed by atoms with Crippen molar-refractivity contribution in [3.05, 3.63) is 55.0 Å². The molecule has 1 N–H and O–H groups in total. The SMILES string of the molecule is C[C@@H]1CCN(C)c2ccc(-c3cccc(N4CCCC4)c3)nc2N1C(=O)Nc1ccncn1.